The van der Waals surface area contributed by atoms with Gasteiger partial charge in [0.25, 0.3) is 0 Å². The fraction of sp³-hybridized carbons (Fsp3) is 0.538. The maximum absolute atomic E-state index is 12.3. The van der Waals surface area contributed by atoms with Gasteiger partial charge < -0.3 is 10.5 Å². The van der Waals surface area contributed by atoms with Crippen LogP contribution in [0.4, 0.5) is 5.69 Å². The van der Waals surface area contributed by atoms with Crippen molar-refractivity contribution < 1.29 is 13.2 Å². The fourth-order valence-corrected chi connectivity index (χ4v) is 3.06. The lowest BCUT2D eigenvalue weighted by molar-refractivity contribution is 0.204. The van der Waals surface area contributed by atoms with E-state index in [1.165, 1.54) is 11.4 Å². The SMILES string of the molecule is CCCN(c1ccc(CN)cc1)S(=O)(=O)NCCOC. The van der Waals surface area contributed by atoms with Crippen molar-refractivity contribution in [2.24, 2.45) is 5.73 Å². The molecule has 3 N–H and O–H groups in total. The van der Waals surface area contributed by atoms with Crippen molar-refractivity contribution in [1.82, 2.24) is 4.72 Å². The van der Waals surface area contributed by atoms with Gasteiger partial charge in [0.1, 0.15) is 0 Å². The first-order chi connectivity index (χ1) is 9.55. The number of ether oxygens (including phenoxy) is 1. The van der Waals surface area contributed by atoms with Crippen LogP contribution in [-0.2, 0) is 21.5 Å². The summed E-state index contributed by atoms with van der Waals surface area (Å²) in [7, 11) is -2.03. The summed E-state index contributed by atoms with van der Waals surface area (Å²) < 4.78 is 33.3. The first-order valence-electron chi connectivity index (χ1n) is 6.60. The van der Waals surface area contributed by atoms with Crippen LogP contribution in [0.3, 0.4) is 0 Å². The van der Waals surface area contributed by atoms with Crippen LogP contribution >= 0.6 is 0 Å². The van der Waals surface area contributed by atoms with Crippen molar-refractivity contribution in [3.05, 3.63) is 29.8 Å². The van der Waals surface area contributed by atoms with Crippen LogP contribution in [0.15, 0.2) is 24.3 Å². The number of nitrogens with one attached hydrogen (secondary N) is 1. The number of rotatable bonds is 9. The van der Waals surface area contributed by atoms with Crippen LogP contribution in [0.25, 0.3) is 0 Å². The molecule has 0 aromatic heterocycles. The molecule has 0 spiro atoms. The van der Waals surface area contributed by atoms with E-state index in [0.717, 1.165) is 12.0 Å². The van der Waals surface area contributed by atoms with Gasteiger partial charge in [0.05, 0.1) is 12.3 Å². The molecule has 0 bridgehead atoms. The smallest absolute Gasteiger partial charge is 0.301 e. The Kier molecular flexibility index (Phi) is 6.94. The molecule has 0 unspecified atom stereocenters. The molecule has 7 heteroatoms. The zero-order chi connectivity index (χ0) is 15.0. The predicted molar refractivity (Wildman–Crippen MR) is 80.8 cm³/mol. The Morgan fingerprint density at radius 2 is 1.95 bits per heavy atom. The molecule has 0 radical (unpaired) electrons. The van der Waals surface area contributed by atoms with Crippen molar-refractivity contribution in [2.45, 2.75) is 19.9 Å². The Labute approximate surface area is 121 Å². The van der Waals surface area contributed by atoms with Gasteiger partial charge >= 0.3 is 10.2 Å². The average molecular weight is 301 g/mol. The van der Waals surface area contributed by atoms with Crippen molar-refractivity contribution in [3.63, 3.8) is 0 Å². The number of benzene rings is 1. The summed E-state index contributed by atoms with van der Waals surface area (Å²) in [5.74, 6) is 0. The van der Waals surface area contributed by atoms with Crippen LogP contribution in [0.1, 0.15) is 18.9 Å². The molecule has 0 aliphatic rings. The molecule has 0 saturated carbocycles. The van der Waals surface area contributed by atoms with E-state index in [1.807, 2.05) is 19.1 Å². The predicted octanol–water partition coefficient (Wildman–Crippen LogP) is 0.842. The van der Waals surface area contributed by atoms with E-state index in [2.05, 4.69) is 4.72 Å². The van der Waals surface area contributed by atoms with Crippen molar-refractivity contribution in [1.29, 1.82) is 0 Å². The van der Waals surface area contributed by atoms with Gasteiger partial charge in [-0.15, -0.1) is 0 Å². The maximum Gasteiger partial charge on any atom is 0.301 e. The first-order valence-corrected chi connectivity index (χ1v) is 8.04. The lowest BCUT2D eigenvalue weighted by Crippen LogP contribution is -2.42. The highest BCUT2D eigenvalue weighted by Crippen LogP contribution is 2.18. The van der Waals surface area contributed by atoms with Gasteiger partial charge in [-0.2, -0.15) is 13.1 Å². The second kappa shape index (κ2) is 8.21. The van der Waals surface area contributed by atoms with Gasteiger partial charge in [0.2, 0.25) is 0 Å². The summed E-state index contributed by atoms with van der Waals surface area (Å²) in [6, 6.07) is 7.21. The second-order valence-corrected chi connectivity index (χ2v) is 6.01. The number of hydrogen-bond donors (Lipinski definition) is 2. The van der Waals surface area contributed by atoms with Crippen LogP contribution < -0.4 is 14.8 Å². The largest absolute Gasteiger partial charge is 0.383 e. The van der Waals surface area contributed by atoms with Gasteiger partial charge in [-0.3, -0.25) is 4.31 Å². The average Bonchev–Trinajstić information content (AvgIpc) is 2.45. The standard InChI is InChI=1S/C13H23N3O3S/c1-3-9-16(20(17,18)15-8-10-19-2)13-6-4-12(11-14)5-7-13/h4-7,15H,3,8-11,14H2,1-2H3. The molecule has 0 aliphatic carbocycles. The number of nitrogens with zero attached hydrogens (tertiary/aromatic N) is 1. The maximum atomic E-state index is 12.3. The molecule has 114 valence electrons. The van der Waals surface area contributed by atoms with Gasteiger partial charge in [-0.25, -0.2) is 0 Å². The minimum Gasteiger partial charge on any atom is -0.383 e. The zero-order valence-electron chi connectivity index (χ0n) is 12.0. The highest BCUT2D eigenvalue weighted by atomic mass is 32.2. The van der Waals surface area contributed by atoms with Crippen molar-refractivity contribution >= 4 is 15.9 Å². The molecule has 0 saturated heterocycles. The number of hydrogen-bond acceptors (Lipinski definition) is 4. The highest BCUT2D eigenvalue weighted by molar-refractivity contribution is 7.90. The Morgan fingerprint density at radius 1 is 1.30 bits per heavy atom. The molecule has 0 fully saturated rings. The Morgan fingerprint density at radius 3 is 2.45 bits per heavy atom. The Hall–Kier alpha value is -1.15. The first kappa shape index (κ1) is 16.9. The van der Waals surface area contributed by atoms with Gasteiger partial charge in [0.15, 0.2) is 0 Å². The molecule has 0 heterocycles. The highest BCUT2D eigenvalue weighted by Gasteiger charge is 2.20. The minimum absolute atomic E-state index is 0.250. The third-order valence-corrected chi connectivity index (χ3v) is 4.31. The molecule has 0 aliphatic heterocycles. The topological polar surface area (TPSA) is 84.7 Å². The summed E-state index contributed by atoms with van der Waals surface area (Å²) in [6.07, 6.45) is 0.726. The number of nitrogens with two attached hydrogens (primary N) is 1. The molecule has 1 aromatic rings. The lowest BCUT2D eigenvalue weighted by atomic mass is 10.2. The van der Waals surface area contributed by atoms with Gasteiger partial charge in [-0.1, -0.05) is 19.1 Å². The van der Waals surface area contributed by atoms with E-state index in [4.69, 9.17) is 10.5 Å². The molecular weight excluding hydrogens is 278 g/mol. The Bertz CT molecular complexity index is 488. The molecule has 6 nitrogen and oxygen atoms in total. The van der Waals surface area contributed by atoms with E-state index in [9.17, 15) is 8.42 Å². The summed E-state index contributed by atoms with van der Waals surface area (Å²) in [5.41, 5.74) is 7.14. The van der Waals surface area contributed by atoms with Crippen LogP contribution in [0.2, 0.25) is 0 Å². The van der Waals surface area contributed by atoms with E-state index in [-0.39, 0.29) is 6.54 Å². The van der Waals surface area contributed by atoms with E-state index < -0.39 is 10.2 Å². The second-order valence-electron chi connectivity index (χ2n) is 4.33. The third-order valence-electron chi connectivity index (χ3n) is 2.77. The van der Waals surface area contributed by atoms with Gasteiger partial charge in [-0.05, 0) is 24.1 Å². The summed E-state index contributed by atoms with van der Waals surface area (Å²) in [4.78, 5) is 0. The number of methoxy groups -OCH3 is 1. The summed E-state index contributed by atoms with van der Waals surface area (Å²) >= 11 is 0. The molecule has 0 atom stereocenters. The van der Waals surface area contributed by atoms with Crippen LogP contribution in [-0.4, -0.2) is 35.2 Å². The normalized spacial score (nSPS) is 11.6. The van der Waals surface area contributed by atoms with Crippen molar-refractivity contribution in [2.75, 3.05) is 31.1 Å². The monoisotopic (exact) mass is 301 g/mol. The molecule has 20 heavy (non-hydrogen) atoms. The van der Waals surface area contributed by atoms with E-state index >= 15 is 0 Å². The fourth-order valence-electron chi connectivity index (χ4n) is 1.74. The van der Waals surface area contributed by atoms with Crippen LogP contribution in [0, 0.1) is 0 Å². The van der Waals surface area contributed by atoms with Gasteiger partial charge in [0, 0.05) is 26.7 Å². The molecular formula is C13H23N3O3S. The van der Waals surface area contributed by atoms with Crippen molar-refractivity contribution in [3.8, 4) is 0 Å². The van der Waals surface area contributed by atoms with E-state index in [0.29, 0.717) is 25.4 Å². The van der Waals surface area contributed by atoms with E-state index in [1.54, 1.807) is 12.1 Å². The summed E-state index contributed by atoms with van der Waals surface area (Å²) in [6.45, 7) is 3.38. The minimum atomic E-state index is -3.56. The lowest BCUT2D eigenvalue weighted by Gasteiger charge is -2.24. The molecule has 0 amide bonds. The molecule has 1 aromatic carbocycles. The third kappa shape index (κ3) is 4.75. The Balaban J connectivity index is 2.91. The zero-order valence-corrected chi connectivity index (χ0v) is 12.8. The molecule has 1 rings (SSSR count). The van der Waals surface area contributed by atoms with Crippen LogP contribution in [0.5, 0.6) is 0 Å². The summed E-state index contributed by atoms with van der Waals surface area (Å²) in [5, 5.41) is 0. The number of anilines is 1. The quantitative estimate of drug-likeness (QED) is 0.662.